The SMILES string of the molecule is O=S(=O)(/C=C/CSc1nnc(-c2ccc3ccccc3c2)o1)c1ccc2ccccc2c1. The maximum absolute atomic E-state index is 12.6. The van der Waals surface area contributed by atoms with Crippen LogP contribution in [0.5, 0.6) is 0 Å². The molecule has 5 rings (SSSR count). The van der Waals surface area contributed by atoms with Gasteiger partial charge in [0.1, 0.15) is 0 Å². The van der Waals surface area contributed by atoms with Gasteiger partial charge in [-0.05, 0) is 45.8 Å². The fourth-order valence-electron chi connectivity index (χ4n) is 3.42. The first-order chi connectivity index (χ1) is 15.6. The smallest absolute Gasteiger partial charge is 0.277 e. The summed E-state index contributed by atoms with van der Waals surface area (Å²) in [5.41, 5.74) is 0.845. The Bertz CT molecular complexity index is 1560. The number of nitrogens with zero attached hydrogens (tertiary/aromatic N) is 2. The molecule has 0 amide bonds. The molecular weight excluding hydrogens is 440 g/mol. The highest BCUT2D eigenvalue weighted by Crippen LogP contribution is 2.26. The maximum atomic E-state index is 12.6. The van der Waals surface area contributed by atoms with E-state index in [9.17, 15) is 8.42 Å². The Morgan fingerprint density at radius 1 is 0.781 bits per heavy atom. The predicted molar refractivity (Wildman–Crippen MR) is 128 cm³/mol. The van der Waals surface area contributed by atoms with Crippen molar-refractivity contribution in [2.24, 2.45) is 0 Å². The molecule has 0 N–H and O–H groups in total. The van der Waals surface area contributed by atoms with E-state index in [0.717, 1.165) is 27.1 Å². The van der Waals surface area contributed by atoms with Crippen molar-refractivity contribution >= 4 is 43.1 Å². The first-order valence-electron chi connectivity index (χ1n) is 9.94. The van der Waals surface area contributed by atoms with Crippen molar-refractivity contribution in [3.05, 3.63) is 96.4 Å². The van der Waals surface area contributed by atoms with Crippen molar-refractivity contribution in [1.29, 1.82) is 0 Å². The molecule has 0 aliphatic rings. The topological polar surface area (TPSA) is 73.1 Å². The molecule has 0 atom stereocenters. The van der Waals surface area contributed by atoms with Crippen LogP contribution in [0.1, 0.15) is 0 Å². The van der Waals surface area contributed by atoms with Gasteiger partial charge >= 0.3 is 0 Å². The first-order valence-corrected chi connectivity index (χ1v) is 12.5. The number of rotatable bonds is 6. The van der Waals surface area contributed by atoms with Crippen LogP contribution in [-0.2, 0) is 9.84 Å². The van der Waals surface area contributed by atoms with Gasteiger partial charge in [-0.1, -0.05) is 78.5 Å². The van der Waals surface area contributed by atoms with Crippen LogP contribution in [-0.4, -0.2) is 24.4 Å². The molecule has 5 aromatic rings. The van der Waals surface area contributed by atoms with E-state index < -0.39 is 9.84 Å². The molecule has 1 aromatic heterocycles. The number of thioether (sulfide) groups is 1. The molecule has 5 nitrogen and oxygen atoms in total. The first kappa shape index (κ1) is 20.5. The van der Waals surface area contributed by atoms with Gasteiger partial charge in [-0.15, -0.1) is 10.2 Å². The molecular formula is C25H18N2O3S2. The number of fused-ring (bicyclic) bond motifs is 2. The van der Waals surface area contributed by atoms with E-state index in [1.807, 2.05) is 72.8 Å². The summed E-state index contributed by atoms with van der Waals surface area (Å²) >= 11 is 1.29. The van der Waals surface area contributed by atoms with E-state index in [0.29, 0.717) is 16.9 Å². The van der Waals surface area contributed by atoms with Gasteiger partial charge in [0.15, 0.2) is 9.84 Å². The quantitative estimate of drug-likeness (QED) is 0.285. The molecule has 0 radical (unpaired) electrons. The number of sulfone groups is 1. The van der Waals surface area contributed by atoms with Crippen molar-refractivity contribution < 1.29 is 12.8 Å². The molecule has 0 saturated heterocycles. The minimum atomic E-state index is -3.53. The van der Waals surface area contributed by atoms with Gasteiger partial charge in [-0.25, -0.2) is 8.42 Å². The van der Waals surface area contributed by atoms with E-state index in [2.05, 4.69) is 10.2 Å². The summed E-state index contributed by atoms with van der Waals surface area (Å²) in [5.74, 6) is 0.831. The summed E-state index contributed by atoms with van der Waals surface area (Å²) in [4.78, 5) is 0.272. The zero-order valence-electron chi connectivity index (χ0n) is 16.9. The molecule has 4 aromatic carbocycles. The maximum Gasteiger partial charge on any atom is 0.277 e. The zero-order chi connectivity index (χ0) is 22.0. The summed E-state index contributed by atoms with van der Waals surface area (Å²) in [6, 6.07) is 26.8. The van der Waals surface area contributed by atoms with Crippen molar-refractivity contribution in [2.75, 3.05) is 5.75 Å². The fourth-order valence-corrected chi connectivity index (χ4v) is 5.16. The largest absolute Gasteiger partial charge is 0.411 e. The van der Waals surface area contributed by atoms with Crippen LogP contribution in [0.3, 0.4) is 0 Å². The molecule has 0 unspecified atom stereocenters. The van der Waals surface area contributed by atoms with Crippen molar-refractivity contribution in [1.82, 2.24) is 10.2 Å². The van der Waals surface area contributed by atoms with Gasteiger partial charge in [-0.2, -0.15) is 0 Å². The minimum Gasteiger partial charge on any atom is -0.411 e. The van der Waals surface area contributed by atoms with E-state index in [1.54, 1.807) is 18.2 Å². The molecule has 32 heavy (non-hydrogen) atoms. The van der Waals surface area contributed by atoms with Gasteiger partial charge in [0.05, 0.1) is 4.90 Å². The third-order valence-corrected chi connectivity index (χ3v) is 7.26. The second-order valence-corrected chi connectivity index (χ2v) is 9.98. The molecule has 0 spiro atoms. The molecule has 158 valence electrons. The van der Waals surface area contributed by atoms with Gasteiger partial charge in [0.2, 0.25) is 5.89 Å². The standard InChI is InChI=1S/C25H18N2O3S2/c28-32(29,23-13-12-19-7-2-4-9-21(19)17-23)15-5-14-31-25-27-26-24(30-25)22-11-10-18-6-1-3-8-20(18)16-22/h1-13,15-17H,14H2/b15-5+. The number of aromatic nitrogens is 2. The fraction of sp³-hybridized carbons (Fsp3) is 0.0400. The molecule has 0 fully saturated rings. The predicted octanol–water partition coefficient (Wildman–Crippen LogP) is 6.12. The van der Waals surface area contributed by atoms with Gasteiger partial charge in [-0.3, -0.25) is 0 Å². The van der Waals surface area contributed by atoms with Crippen molar-refractivity contribution in [3.63, 3.8) is 0 Å². The minimum absolute atomic E-state index is 0.272. The second-order valence-electron chi connectivity index (χ2n) is 7.17. The lowest BCUT2D eigenvalue weighted by molar-refractivity contribution is 0.466. The molecule has 1 heterocycles. The van der Waals surface area contributed by atoms with Crippen LogP contribution in [0.2, 0.25) is 0 Å². The van der Waals surface area contributed by atoms with Crippen LogP contribution < -0.4 is 0 Å². The van der Waals surface area contributed by atoms with Crippen LogP contribution in [0, 0.1) is 0 Å². The lowest BCUT2D eigenvalue weighted by Crippen LogP contribution is -1.96. The molecule has 0 saturated carbocycles. The Hall–Kier alpha value is -3.42. The second kappa shape index (κ2) is 8.61. The monoisotopic (exact) mass is 458 g/mol. The number of hydrogen-bond acceptors (Lipinski definition) is 6. The average molecular weight is 459 g/mol. The normalized spacial score (nSPS) is 12.1. The Morgan fingerprint density at radius 3 is 2.19 bits per heavy atom. The van der Waals surface area contributed by atoms with E-state index >= 15 is 0 Å². The van der Waals surface area contributed by atoms with Crippen molar-refractivity contribution in [2.45, 2.75) is 10.1 Å². The number of hydrogen-bond donors (Lipinski definition) is 0. The third kappa shape index (κ3) is 4.30. The zero-order valence-corrected chi connectivity index (χ0v) is 18.5. The third-order valence-electron chi connectivity index (χ3n) is 5.03. The highest BCUT2D eigenvalue weighted by Gasteiger charge is 2.12. The van der Waals surface area contributed by atoms with Crippen molar-refractivity contribution in [3.8, 4) is 11.5 Å². The average Bonchev–Trinajstić information content (AvgIpc) is 3.30. The Kier molecular flexibility index (Phi) is 5.51. The summed E-state index contributed by atoms with van der Waals surface area (Å²) in [7, 11) is -3.53. The lowest BCUT2D eigenvalue weighted by atomic mass is 10.1. The van der Waals surface area contributed by atoms with Crippen LogP contribution in [0.4, 0.5) is 0 Å². The van der Waals surface area contributed by atoms with E-state index in [4.69, 9.17) is 4.42 Å². The van der Waals surface area contributed by atoms with Crippen LogP contribution in [0.25, 0.3) is 33.0 Å². The molecule has 0 bridgehead atoms. The molecule has 7 heteroatoms. The highest BCUT2D eigenvalue weighted by molar-refractivity contribution is 7.99. The van der Waals surface area contributed by atoms with E-state index in [-0.39, 0.29) is 4.90 Å². The summed E-state index contributed by atoms with van der Waals surface area (Å²) in [6.07, 6.45) is 1.59. The van der Waals surface area contributed by atoms with E-state index in [1.165, 1.54) is 17.2 Å². The van der Waals surface area contributed by atoms with Gasteiger partial charge in [0.25, 0.3) is 5.22 Å². The van der Waals surface area contributed by atoms with Crippen LogP contribution in [0.15, 0.2) is 111 Å². The lowest BCUT2D eigenvalue weighted by Gasteiger charge is -2.02. The van der Waals surface area contributed by atoms with Crippen LogP contribution >= 0.6 is 11.8 Å². The van der Waals surface area contributed by atoms with Gasteiger partial charge < -0.3 is 4.42 Å². The Labute approximate surface area is 189 Å². The summed E-state index contributed by atoms with van der Waals surface area (Å²) in [6.45, 7) is 0. The summed E-state index contributed by atoms with van der Waals surface area (Å²) < 4.78 is 31.0. The number of benzene rings is 4. The Morgan fingerprint density at radius 2 is 1.44 bits per heavy atom. The highest BCUT2D eigenvalue weighted by atomic mass is 32.2. The van der Waals surface area contributed by atoms with Gasteiger partial charge in [0, 0.05) is 16.7 Å². The molecule has 0 aliphatic carbocycles. The summed E-state index contributed by atoms with van der Waals surface area (Å²) in [5, 5.41) is 13.9. The molecule has 0 aliphatic heterocycles. The Balaban J connectivity index is 1.26.